The molecule has 0 radical (unpaired) electrons. The van der Waals surface area contributed by atoms with Crippen molar-refractivity contribution in [3.8, 4) is 0 Å². The topological polar surface area (TPSA) is 29.9 Å². The van der Waals surface area contributed by atoms with Gasteiger partial charge in [-0.3, -0.25) is 0 Å². The summed E-state index contributed by atoms with van der Waals surface area (Å²) < 4.78 is 2.27. The van der Waals surface area contributed by atoms with Gasteiger partial charge in [0.1, 0.15) is 0 Å². The third kappa shape index (κ3) is 2.35. The lowest BCUT2D eigenvalue weighted by atomic mass is 10.0. The molecule has 0 fully saturated rings. The van der Waals surface area contributed by atoms with E-state index in [1.807, 2.05) is 19.6 Å². The molecule has 0 bridgehead atoms. The summed E-state index contributed by atoms with van der Waals surface area (Å²) in [4.78, 5) is 4.20. The number of hydrogen-bond donors (Lipinski definition) is 1. The monoisotopic (exact) mass is 195 g/mol. The van der Waals surface area contributed by atoms with Crippen LogP contribution < -0.4 is 5.32 Å². The molecule has 0 saturated carbocycles. The van der Waals surface area contributed by atoms with Gasteiger partial charge in [-0.05, 0) is 19.9 Å². The Labute approximate surface area is 86.5 Å². The molecule has 2 atom stereocenters. The summed E-state index contributed by atoms with van der Waals surface area (Å²) >= 11 is 0. The number of aromatic nitrogens is 2. The minimum atomic E-state index is 0.533. The average Bonchev–Trinajstić information content (AvgIpc) is 2.64. The number of rotatable bonds is 5. The van der Waals surface area contributed by atoms with Gasteiger partial charge in [0.05, 0.1) is 12.0 Å². The first-order valence-corrected chi connectivity index (χ1v) is 5.36. The molecule has 3 heteroatoms. The van der Waals surface area contributed by atoms with E-state index in [0.717, 1.165) is 6.54 Å². The fourth-order valence-electron chi connectivity index (χ4n) is 1.63. The molecule has 1 heterocycles. The Kier molecular flexibility index (Phi) is 4.14. The molecule has 2 unspecified atom stereocenters. The summed E-state index contributed by atoms with van der Waals surface area (Å²) in [7, 11) is 1.96. The Morgan fingerprint density at radius 2 is 2.21 bits per heavy atom. The molecule has 80 valence electrons. The fourth-order valence-corrected chi connectivity index (χ4v) is 1.63. The van der Waals surface area contributed by atoms with Crippen LogP contribution in [0.2, 0.25) is 0 Å². The molecule has 14 heavy (non-hydrogen) atoms. The molecule has 3 nitrogen and oxygen atoms in total. The first kappa shape index (κ1) is 11.2. The minimum Gasteiger partial charge on any atom is -0.330 e. The maximum atomic E-state index is 4.20. The molecule has 0 aliphatic carbocycles. The average molecular weight is 195 g/mol. The van der Waals surface area contributed by atoms with Crippen molar-refractivity contribution in [2.75, 3.05) is 7.05 Å². The van der Waals surface area contributed by atoms with Crippen LogP contribution in [0.1, 0.15) is 38.9 Å². The second-order valence-electron chi connectivity index (χ2n) is 3.95. The molecule has 0 aliphatic rings. The third-order valence-corrected chi connectivity index (χ3v) is 3.01. The second kappa shape index (κ2) is 5.15. The van der Waals surface area contributed by atoms with Gasteiger partial charge in [-0.15, -0.1) is 0 Å². The van der Waals surface area contributed by atoms with Crippen LogP contribution in [0.25, 0.3) is 0 Å². The van der Waals surface area contributed by atoms with E-state index in [1.165, 1.54) is 12.1 Å². The predicted molar refractivity (Wildman–Crippen MR) is 59.2 cm³/mol. The molecule has 1 N–H and O–H groups in total. The van der Waals surface area contributed by atoms with Crippen LogP contribution in [-0.2, 0) is 6.54 Å². The van der Waals surface area contributed by atoms with Gasteiger partial charge in [0, 0.05) is 18.8 Å². The Bertz CT molecular complexity index is 267. The molecule has 1 aromatic rings. The molecule has 1 aromatic heterocycles. The highest BCUT2D eigenvalue weighted by Crippen LogP contribution is 2.21. The number of imidazole rings is 1. The van der Waals surface area contributed by atoms with Crippen LogP contribution in [0.3, 0.4) is 0 Å². The van der Waals surface area contributed by atoms with Crippen LogP contribution >= 0.6 is 0 Å². The first-order chi connectivity index (χ1) is 6.70. The van der Waals surface area contributed by atoms with Gasteiger partial charge >= 0.3 is 0 Å². The van der Waals surface area contributed by atoms with Gasteiger partial charge in [0.25, 0.3) is 0 Å². The zero-order valence-electron chi connectivity index (χ0n) is 9.62. The largest absolute Gasteiger partial charge is 0.330 e. The molecule has 0 saturated heterocycles. The summed E-state index contributed by atoms with van der Waals surface area (Å²) in [5.41, 5.74) is 1.26. The smallest absolute Gasteiger partial charge is 0.0951 e. The highest BCUT2D eigenvalue weighted by atomic mass is 15.1. The minimum absolute atomic E-state index is 0.533. The van der Waals surface area contributed by atoms with Crippen molar-refractivity contribution < 1.29 is 0 Å². The SMILES string of the molecule is CCC(C)C(C)n1cncc1CNC. The molecule has 0 aliphatic heterocycles. The standard InChI is InChI=1S/C11H21N3/c1-5-9(2)10(3)14-8-13-7-11(14)6-12-4/h7-10,12H,5-6H2,1-4H3. The first-order valence-electron chi connectivity index (χ1n) is 5.36. The highest BCUT2D eigenvalue weighted by Gasteiger charge is 2.14. The summed E-state index contributed by atoms with van der Waals surface area (Å²) in [5.74, 6) is 0.694. The summed E-state index contributed by atoms with van der Waals surface area (Å²) in [6, 6.07) is 0.533. The lowest BCUT2D eigenvalue weighted by Gasteiger charge is -2.22. The van der Waals surface area contributed by atoms with E-state index >= 15 is 0 Å². The quantitative estimate of drug-likeness (QED) is 0.780. The number of nitrogens with zero attached hydrogens (tertiary/aromatic N) is 2. The van der Waals surface area contributed by atoms with Crippen molar-refractivity contribution in [1.29, 1.82) is 0 Å². The lowest BCUT2D eigenvalue weighted by molar-refractivity contribution is 0.361. The van der Waals surface area contributed by atoms with Gasteiger partial charge in [-0.1, -0.05) is 20.3 Å². The van der Waals surface area contributed by atoms with Crippen LogP contribution in [0.4, 0.5) is 0 Å². The third-order valence-electron chi connectivity index (χ3n) is 3.01. The van der Waals surface area contributed by atoms with Gasteiger partial charge in [0.15, 0.2) is 0 Å². The van der Waals surface area contributed by atoms with E-state index in [0.29, 0.717) is 12.0 Å². The molecule has 1 rings (SSSR count). The normalized spacial score (nSPS) is 15.4. The summed E-state index contributed by atoms with van der Waals surface area (Å²) in [6.07, 6.45) is 5.08. The van der Waals surface area contributed by atoms with Crippen LogP contribution in [0.15, 0.2) is 12.5 Å². The Balaban J connectivity index is 2.77. The van der Waals surface area contributed by atoms with E-state index in [9.17, 15) is 0 Å². The van der Waals surface area contributed by atoms with Gasteiger partial charge in [0.2, 0.25) is 0 Å². The maximum Gasteiger partial charge on any atom is 0.0951 e. The zero-order chi connectivity index (χ0) is 10.6. The Morgan fingerprint density at radius 1 is 1.50 bits per heavy atom. The van der Waals surface area contributed by atoms with Crippen molar-refractivity contribution in [2.45, 2.75) is 39.8 Å². The van der Waals surface area contributed by atoms with Crippen LogP contribution in [0.5, 0.6) is 0 Å². The van der Waals surface area contributed by atoms with Crippen LogP contribution in [0, 0.1) is 5.92 Å². The molecule has 0 spiro atoms. The second-order valence-corrected chi connectivity index (χ2v) is 3.95. The van der Waals surface area contributed by atoms with Crippen LogP contribution in [-0.4, -0.2) is 16.6 Å². The van der Waals surface area contributed by atoms with Gasteiger partial charge in [-0.25, -0.2) is 4.98 Å². The summed E-state index contributed by atoms with van der Waals surface area (Å²) in [6.45, 7) is 7.67. The molecule has 0 amide bonds. The summed E-state index contributed by atoms with van der Waals surface area (Å²) in [5, 5.41) is 3.16. The van der Waals surface area contributed by atoms with Crippen molar-refractivity contribution in [3.05, 3.63) is 18.2 Å². The molecular formula is C11H21N3. The Morgan fingerprint density at radius 3 is 2.79 bits per heavy atom. The number of hydrogen-bond acceptors (Lipinski definition) is 2. The fraction of sp³-hybridized carbons (Fsp3) is 0.727. The van der Waals surface area contributed by atoms with E-state index in [-0.39, 0.29) is 0 Å². The van der Waals surface area contributed by atoms with E-state index in [4.69, 9.17) is 0 Å². The highest BCUT2D eigenvalue weighted by molar-refractivity contribution is 5.00. The lowest BCUT2D eigenvalue weighted by Crippen LogP contribution is -2.18. The van der Waals surface area contributed by atoms with Crippen molar-refractivity contribution >= 4 is 0 Å². The molecule has 0 aromatic carbocycles. The maximum absolute atomic E-state index is 4.20. The van der Waals surface area contributed by atoms with E-state index in [1.54, 1.807) is 0 Å². The molecular weight excluding hydrogens is 174 g/mol. The van der Waals surface area contributed by atoms with Crippen molar-refractivity contribution in [3.63, 3.8) is 0 Å². The zero-order valence-corrected chi connectivity index (χ0v) is 9.62. The van der Waals surface area contributed by atoms with E-state index < -0.39 is 0 Å². The van der Waals surface area contributed by atoms with Gasteiger partial charge < -0.3 is 9.88 Å². The number of nitrogens with one attached hydrogen (secondary N) is 1. The van der Waals surface area contributed by atoms with Crippen molar-refractivity contribution in [1.82, 2.24) is 14.9 Å². The predicted octanol–water partition coefficient (Wildman–Crippen LogP) is 2.21. The van der Waals surface area contributed by atoms with E-state index in [2.05, 4.69) is 35.6 Å². The van der Waals surface area contributed by atoms with Gasteiger partial charge in [-0.2, -0.15) is 0 Å². The van der Waals surface area contributed by atoms with Crippen molar-refractivity contribution in [2.24, 2.45) is 5.92 Å². The Hall–Kier alpha value is -0.830.